The first-order valence-electron chi connectivity index (χ1n) is 5.08. The van der Waals surface area contributed by atoms with Crippen LogP contribution in [0, 0.1) is 0 Å². The minimum absolute atomic E-state index is 0.666. The number of imidazole rings is 1. The van der Waals surface area contributed by atoms with Gasteiger partial charge in [-0.2, -0.15) is 0 Å². The molecule has 0 atom stereocenters. The molecule has 5 heteroatoms. The molecule has 0 bridgehead atoms. The summed E-state index contributed by atoms with van der Waals surface area (Å²) in [5.74, 6) is 2.01. The van der Waals surface area contributed by atoms with Crippen LogP contribution >= 0.6 is 0 Å². The smallest absolute Gasteiger partial charge is 0.150 e. The molecular weight excluding hydrogens is 220 g/mol. The van der Waals surface area contributed by atoms with Crippen LogP contribution in [0.25, 0.3) is 5.69 Å². The number of hydrogen-bond donors (Lipinski definition) is 0. The van der Waals surface area contributed by atoms with Crippen molar-refractivity contribution in [3.05, 3.63) is 30.9 Å². The first kappa shape index (κ1) is 11.3. The zero-order valence-electron chi connectivity index (χ0n) is 10.0. The van der Waals surface area contributed by atoms with Gasteiger partial charge in [0, 0.05) is 24.5 Å². The van der Waals surface area contributed by atoms with E-state index in [1.807, 2.05) is 10.8 Å². The van der Waals surface area contributed by atoms with Crippen LogP contribution in [0.3, 0.4) is 0 Å². The fourth-order valence-electron chi connectivity index (χ4n) is 1.63. The van der Waals surface area contributed by atoms with Crippen LogP contribution in [0.15, 0.2) is 30.9 Å². The van der Waals surface area contributed by atoms with E-state index in [-0.39, 0.29) is 0 Å². The molecule has 0 amide bonds. The molecule has 0 aliphatic carbocycles. The Morgan fingerprint density at radius 3 is 2.06 bits per heavy atom. The summed E-state index contributed by atoms with van der Waals surface area (Å²) in [6.07, 6.45) is 5.21. The van der Waals surface area contributed by atoms with Gasteiger partial charge in [0.15, 0.2) is 0 Å². The first-order valence-corrected chi connectivity index (χ1v) is 5.08. The van der Waals surface area contributed by atoms with Crippen molar-refractivity contribution in [2.75, 3.05) is 21.3 Å². The monoisotopic (exact) mass is 234 g/mol. The lowest BCUT2D eigenvalue weighted by molar-refractivity contribution is 0.373. The number of benzene rings is 1. The molecule has 0 spiro atoms. The molecule has 1 heterocycles. The van der Waals surface area contributed by atoms with Crippen molar-refractivity contribution in [3.8, 4) is 22.9 Å². The molecule has 0 aliphatic heterocycles. The Labute approximate surface area is 99.6 Å². The van der Waals surface area contributed by atoms with E-state index in [9.17, 15) is 0 Å². The maximum absolute atomic E-state index is 5.35. The summed E-state index contributed by atoms with van der Waals surface area (Å²) in [5, 5.41) is 0. The van der Waals surface area contributed by atoms with Crippen LogP contribution in [0.4, 0.5) is 0 Å². The van der Waals surface area contributed by atoms with Gasteiger partial charge in [-0.25, -0.2) is 4.98 Å². The second-order valence-corrected chi connectivity index (χ2v) is 3.35. The highest BCUT2D eigenvalue weighted by Gasteiger charge is 2.14. The third kappa shape index (κ3) is 2.04. The third-order valence-corrected chi connectivity index (χ3v) is 2.45. The van der Waals surface area contributed by atoms with E-state index in [1.165, 1.54) is 0 Å². The van der Waals surface area contributed by atoms with Crippen LogP contribution in [0.2, 0.25) is 0 Å². The number of aromatic nitrogens is 2. The maximum Gasteiger partial charge on any atom is 0.150 e. The van der Waals surface area contributed by atoms with Gasteiger partial charge < -0.3 is 14.2 Å². The van der Waals surface area contributed by atoms with E-state index in [1.54, 1.807) is 46.0 Å². The molecule has 0 saturated heterocycles. The fourth-order valence-corrected chi connectivity index (χ4v) is 1.63. The quantitative estimate of drug-likeness (QED) is 0.810. The average molecular weight is 234 g/mol. The van der Waals surface area contributed by atoms with E-state index in [4.69, 9.17) is 14.2 Å². The Balaban J connectivity index is 2.63. The molecule has 0 N–H and O–H groups in total. The van der Waals surface area contributed by atoms with Crippen LogP contribution in [-0.2, 0) is 0 Å². The van der Waals surface area contributed by atoms with Crippen LogP contribution in [0.1, 0.15) is 0 Å². The summed E-state index contributed by atoms with van der Waals surface area (Å²) in [6.45, 7) is 0. The van der Waals surface area contributed by atoms with Crippen molar-refractivity contribution >= 4 is 0 Å². The molecule has 1 aromatic carbocycles. The van der Waals surface area contributed by atoms with Gasteiger partial charge in [-0.1, -0.05) is 0 Å². The summed E-state index contributed by atoms with van der Waals surface area (Å²) >= 11 is 0. The Kier molecular flexibility index (Phi) is 3.18. The Bertz CT molecular complexity index is 469. The zero-order valence-corrected chi connectivity index (χ0v) is 10.0. The highest BCUT2D eigenvalue weighted by atomic mass is 16.5. The highest BCUT2D eigenvalue weighted by Crippen LogP contribution is 2.36. The van der Waals surface area contributed by atoms with Crippen LogP contribution in [0.5, 0.6) is 17.2 Å². The van der Waals surface area contributed by atoms with Gasteiger partial charge in [-0.05, 0) is 0 Å². The van der Waals surface area contributed by atoms with Crippen LogP contribution in [-0.4, -0.2) is 30.9 Å². The van der Waals surface area contributed by atoms with Crippen molar-refractivity contribution in [3.63, 3.8) is 0 Å². The molecule has 17 heavy (non-hydrogen) atoms. The molecule has 0 aliphatic rings. The Hall–Kier alpha value is -2.17. The molecule has 0 unspecified atom stereocenters. The van der Waals surface area contributed by atoms with Gasteiger partial charge in [0.2, 0.25) is 0 Å². The number of methoxy groups -OCH3 is 3. The largest absolute Gasteiger partial charge is 0.496 e. The molecule has 0 radical (unpaired) electrons. The van der Waals surface area contributed by atoms with E-state index in [0.29, 0.717) is 17.2 Å². The first-order chi connectivity index (χ1) is 8.30. The topological polar surface area (TPSA) is 45.5 Å². The Morgan fingerprint density at radius 2 is 1.65 bits per heavy atom. The predicted octanol–water partition coefficient (Wildman–Crippen LogP) is 1.90. The van der Waals surface area contributed by atoms with Crippen molar-refractivity contribution in [1.82, 2.24) is 9.55 Å². The summed E-state index contributed by atoms with van der Waals surface area (Å²) in [6, 6.07) is 3.61. The van der Waals surface area contributed by atoms with E-state index < -0.39 is 0 Å². The van der Waals surface area contributed by atoms with Gasteiger partial charge in [-0.3, -0.25) is 4.57 Å². The number of rotatable bonds is 4. The molecule has 5 nitrogen and oxygen atoms in total. The van der Waals surface area contributed by atoms with Gasteiger partial charge in [0.25, 0.3) is 0 Å². The van der Waals surface area contributed by atoms with Gasteiger partial charge >= 0.3 is 0 Å². The summed E-state index contributed by atoms with van der Waals surface area (Å²) in [5.41, 5.74) is 0.799. The van der Waals surface area contributed by atoms with Gasteiger partial charge in [0.1, 0.15) is 22.9 Å². The molecule has 2 aromatic rings. The Morgan fingerprint density at radius 1 is 1.00 bits per heavy atom. The zero-order chi connectivity index (χ0) is 12.3. The van der Waals surface area contributed by atoms with Crippen molar-refractivity contribution in [2.45, 2.75) is 0 Å². The van der Waals surface area contributed by atoms with Crippen molar-refractivity contribution < 1.29 is 14.2 Å². The van der Waals surface area contributed by atoms with E-state index in [0.717, 1.165) is 5.69 Å². The van der Waals surface area contributed by atoms with Crippen LogP contribution < -0.4 is 14.2 Å². The molecular formula is C12H14N2O3. The number of ether oxygens (including phenoxy) is 3. The molecule has 0 saturated carbocycles. The van der Waals surface area contributed by atoms with E-state index in [2.05, 4.69) is 4.98 Å². The molecule has 0 fully saturated rings. The highest BCUT2D eigenvalue weighted by molar-refractivity contribution is 5.60. The van der Waals surface area contributed by atoms with Crippen molar-refractivity contribution in [1.29, 1.82) is 0 Å². The third-order valence-electron chi connectivity index (χ3n) is 2.45. The number of nitrogens with zero attached hydrogens (tertiary/aromatic N) is 2. The lowest BCUT2D eigenvalue weighted by atomic mass is 10.2. The number of hydrogen-bond acceptors (Lipinski definition) is 4. The van der Waals surface area contributed by atoms with Gasteiger partial charge in [-0.15, -0.1) is 0 Å². The minimum atomic E-state index is 0.666. The lowest BCUT2D eigenvalue weighted by Gasteiger charge is -2.15. The second kappa shape index (κ2) is 4.78. The predicted molar refractivity (Wildman–Crippen MR) is 63.2 cm³/mol. The summed E-state index contributed by atoms with van der Waals surface area (Å²) in [4.78, 5) is 4.01. The van der Waals surface area contributed by atoms with Gasteiger partial charge in [0.05, 0.1) is 27.7 Å². The lowest BCUT2D eigenvalue weighted by Crippen LogP contribution is -2.00. The SMILES string of the molecule is COc1cc(OC)c(-n2ccnc2)c(OC)c1. The summed E-state index contributed by atoms with van der Waals surface area (Å²) < 4.78 is 17.7. The summed E-state index contributed by atoms with van der Waals surface area (Å²) in [7, 11) is 4.81. The normalized spacial score (nSPS) is 10.1. The maximum atomic E-state index is 5.35. The average Bonchev–Trinajstić information content (AvgIpc) is 2.90. The fraction of sp³-hybridized carbons (Fsp3) is 0.250. The minimum Gasteiger partial charge on any atom is -0.496 e. The molecule has 90 valence electrons. The molecule has 2 rings (SSSR count). The standard InChI is InChI=1S/C12H14N2O3/c1-15-9-6-10(16-2)12(11(7-9)17-3)14-5-4-13-8-14/h4-8H,1-3H3. The van der Waals surface area contributed by atoms with E-state index >= 15 is 0 Å². The second-order valence-electron chi connectivity index (χ2n) is 3.35. The van der Waals surface area contributed by atoms with Crippen molar-refractivity contribution in [2.24, 2.45) is 0 Å². The molecule has 1 aromatic heterocycles.